The summed E-state index contributed by atoms with van der Waals surface area (Å²) in [6.45, 7) is 9.90. The van der Waals surface area contributed by atoms with E-state index in [9.17, 15) is 0 Å². The van der Waals surface area contributed by atoms with Gasteiger partial charge in [0.25, 0.3) is 0 Å². The monoisotopic (exact) mass is 361 g/mol. The maximum absolute atomic E-state index is 5.99. The predicted octanol–water partition coefficient (Wildman–Crippen LogP) is 4.23. The molecule has 1 aromatic carbocycles. The molecule has 0 N–H and O–H groups in total. The first-order valence-corrected chi connectivity index (χ1v) is 10.5. The first-order valence-electron chi connectivity index (χ1n) is 10.5. The lowest BCUT2D eigenvalue weighted by atomic mass is 10.0. The van der Waals surface area contributed by atoms with Gasteiger partial charge in [-0.05, 0) is 68.2 Å². The molecule has 0 amide bonds. The Balaban J connectivity index is 1.73. The summed E-state index contributed by atoms with van der Waals surface area (Å²) in [6, 6.07) is 5.17. The SMILES string of the molecule is CCCOc1cc2c(cc1OCCC)CCN(C1CCCOCC1)CC2. The highest BCUT2D eigenvalue weighted by atomic mass is 16.5. The van der Waals surface area contributed by atoms with Crippen molar-refractivity contribution in [1.29, 1.82) is 0 Å². The molecule has 1 atom stereocenters. The van der Waals surface area contributed by atoms with Crippen molar-refractivity contribution < 1.29 is 14.2 Å². The number of hydrogen-bond acceptors (Lipinski definition) is 4. The van der Waals surface area contributed by atoms with E-state index in [0.29, 0.717) is 6.04 Å². The van der Waals surface area contributed by atoms with Crippen LogP contribution in [0.15, 0.2) is 12.1 Å². The molecule has 1 aromatic rings. The van der Waals surface area contributed by atoms with Crippen LogP contribution in [0.4, 0.5) is 0 Å². The largest absolute Gasteiger partial charge is 0.490 e. The summed E-state index contributed by atoms with van der Waals surface area (Å²) in [7, 11) is 0. The molecule has 0 spiro atoms. The lowest BCUT2D eigenvalue weighted by Gasteiger charge is -2.29. The maximum Gasteiger partial charge on any atom is 0.161 e. The minimum absolute atomic E-state index is 0.679. The first-order chi connectivity index (χ1) is 12.8. The number of rotatable bonds is 7. The zero-order valence-corrected chi connectivity index (χ0v) is 16.6. The zero-order chi connectivity index (χ0) is 18.2. The van der Waals surface area contributed by atoms with Gasteiger partial charge in [0.1, 0.15) is 0 Å². The van der Waals surface area contributed by atoms with Crippen molar-refractivity contribution in [3.8, 4) is 11.5 Å². The summed E-state index contributed by atoms with van der Waals surface area (Å²) in [5, 5.41) is 0. The van der Waals surface area contributed by atoms with E-state index in [1.165, 1.54) is 30.4 Å². The Morgan fingerprint density at radius 3 is 2.12 bits per heavy atom. The summed E-state index contributed by atoms with van der Waals surface area (Å²) in [5.41, 5.74) is 2.87. The molecule has 0 bridgehead atoms. The molecule has 1 saturated heterocycles. The molecule has 1 fully saturated rings. The van der Waals surface area contributed by atoms with Crippen molar-refractivity contribution in [3.63, 3.8) is 0 Å². The lowest BCUT2D eigenvalue weighted by molar-refractivity contribution is 0.130. The lowest BCUT2D eigenvalue weighted by Crippen LogP contribution is -2.37. The summed E-state index contributed by atoms with van der Waals surface area (Å²) in [6.07, 6.45) is 7.87. The van der Waals surface area contributed by atoms with Gasteiger partial charge in [0, 0.05) is 32.3 Å². The molecule has 26 heavy (non-hydrogen) atoms. The number of fused-ring (bicyclic) bond motifs is 1. The molecule has 0 saturated carbocycles. The van der Waals surface area contributed by atoms with Gasteiger partial charge >= 0.3 is 0 Å². The van der Waals surface area contributed by atoms with Crippen molar-refractivity contribution in [2.24, 2.45) is 0 Å². The van der Waals surface area contributed by atoms with E-state index in [1.54, 1.807) is 0 Å². The summed E-state index contributed by atoms with van der Waals surface area (Å²) >= 11 is 0. The summed E-state index contributed by atoms with van der Waals surface area (Å²) in [4.78, 5) is 2.69. The standard InChI is InChI=1S/C22H35NO3/c1-3-12-25-21-16-18-7-10-23(20-6-5-14-24-15-9-20)11-8-19(18)17-22(21)26-13-4-2/h16-17,20H,3-15H2,1-2H3. The Morgan fingerprint density at radius 1 is 0.923 bits per heavy atom. The van der Waals surface area contributed by atoms with E-state index < -0.39 is 0 Å². The van der Waals surface area contributed by atoms with Crippen LogP contribution in [0.1, 0.15) is 57.1 Å². The van der Waals surface area contributed by atoms with Crippen molar-refractivity contribution in [1.82, 2.24) is 4.90 Å². The molecular formula is C22H35NO3. The van der Waals surface area contributed by atoms with Crippen LogP contribution in [0.3, 0.4) is 0 Å². The Kier molecular flexibility index (Phi) is 7.63. The van der Waals surface area contributed by atoms with Gasteiger partial charge in [-0.2, -0.15) is 0 Å². The molecular weight excluding hydrogens is 326 g/mol. The van der Waals surface area contributed by atoms with Crippen LogP contribution < -0.4 is 9.47 Å². The highest BCUT2D eigenvalue weighted by molar-refractivity contribution is 5.48. The van der Waals surface area contributed by atoms with E-state index in [-0.39, 0.29) is 0 Å². The maximum atomic E-state index is 5.99. The third kappa shape index (κ3) is 5.14. The third-order valence-electron chi connectivity index (χ3n) is 5.46. The zero-order valence-electron chi connectivity index (χ0n) is 16.6. The molecule has 2 aliphatic rings. The fourth-order valence-electron chi connectivity index (χ4n) is 4.02. The minimum Gasteiger partial charge on any atom is -0.490 e. The van der Waals surface area contributed by atoms with E-state index in [2.05, 4.69) is 30.9 Å². The summed E-state index contributed by atoms with van der Waals surface area (Å²) in [5.74, 6) is 1.85. The average Bonchev–Trinajstić information content (AvgIpc) is 3.05. The second kappa shape index (κ2) is 10.2. The highest BCUT2D eigenvalue weighted by Gasteiger charge is 2.24. The Morgan fingerprint density at radius 2 is 1.54 bits per heavy atom. The Labute approximate surface area is 158 Å². The van der Waals surface area contributed by atoms with Gasteiger partial charge < -0.3 is 14.2 Å². The molecule has 3 rings (SSSR count). The van der Waals surface area contributed by atoms with Gasteiger partial charge in [-0.3, -0.25) is 4.90 Å². The van der Waals surface area contributed by atoms with Crippen molar-refractivity contribution in [3.05, 3.63) is 23.3 Å². The molecule has 4 heteroatoms. The normalized spacial score (nSPS) is 21.5. The van der Waals surface area contributed by atoms with E-state index >= 15 is 0 Å². The van der Waals surface area contributed by atoms with Crippen molar-refractivity contribution in [2.45, 2.75) is 64.8 Å². The molecule has 2 aliphatic heterocycles. The highest BCUT2D eigenvalue weighted by Crippen LogP contribution is 2.33. The number of ether oxygens (including phenoxy) is 3. The van der Waals surface area contributed by atoms with Crippen LogP contribution >= 0.6 is 0 Å². The van der Waals surface area contributed by atoms with Crippen molar-refractivity contribution >= 4 is 0 Å². The molecule has 1 unspecified atom stereocenters. The molecule has 0 aromatic heterocycles. The molecule has 2 heterocycles. The predicted molar refractivity (Wildman–Crippen MR) is 105 cm³/mol. The molecule has 146 valence electrons. The van der Waals surface area contributed by atoms with Crippen LogP contribution in [0, 0.1) is 0 Å². The molecule has 0 aliphatic carbocycles. The van der Waals surface area contributed by atoms with Gasteiger partial charge in [-0.1, -0.05) is 13.8 Å². The van der Waals surface area contributed by atoms with E-state index in [0.717, 1.165) is 76.7 Å². The first kappa shape index (κ1) is 19.5. The molecule has 4 nitrogen and oxygen atoms in total. The fourth-order valence-corrected chi connectivity index (χ4v) is 4.02. The Hall–Kier alpha value is -1.26. The topological polar surface area (TPSA) is 30.9 Å². The van der Waals surface area contributed by atoms with Crippen LogP contribution in [-0.2, 0) is 17.6 Å². The average molecular weight is 362 g/mol. The van der Waals surface area contributed by atoms with Gasteiger partial charge in [0.15, 0.2) is 11.5 Å². The van der Waals surface area contributed by atoms with Crippen molar-refractivity contribution in [2.75, 3.05) is 39.5 Å². The van der Waals surface area contributed by atoms with Crippen LogP contribution in [0.5, 0.6) is 11.5 Å². The third-order valence-corrected chi connectivity index (χ3v) is 5.46. The number of nitrogens with zero attached hydrogens (tertiary/aromatic N) is 1. The Bertz CT molecular complexity index is 514. The summed E-state index contributed by atoms with van der Waals surface area (Å²) < 4.78 is 17.6. The number of benzene rings is 1. The van der Waals surface area contributed by atoms with Gasteiger partial charge in [-0.15, -0.1) is 0 Å². The van der Waals surface area contributed by atoms with E-state index in [1.807, 2.05) is 0 Å². The minimum atomic E-state index is 0.679. The fraction of sp³-hybridized carbons (Fsp3) is 0.727. The van der Waals surface area contributed by atoms with Gasteiger partial charge in [0.2, 0.25) is 0 Å². The molecule has 0 radical (unpaired) electrons. The number of hydrogen-bond donors (Lipinski definition) is 0. The van der Waals surface area contributed by atoms with Crippen LogP contribution in [0.2, 0.25) is 0 Å². The van der Waals surface area contributed by atoms with Gasteiger partial charge in [-0.25, -0.2) is 0 Å². The van der Waals surface area contributed by atoms with Crippen LogP contribution in [-0.4, -0.2) is 50.5 Å². The second-order valence-corrected chi connectivity index (χ2v) is 7.50. The quantitative estimate of drug-likeness (QED) is 0.727. The second-order valence-electron chi connectivity index (χ2n) is 7.50. The van der Waals surface area contributed by atoms with Crippen LogP contribution in [0.25, 0.3) is 0 Å². The van der Waals surface area contributed by atoms with Gasteiger partial charge in [0.05, 0.1) is 13.2 Å². The van der Waals surface area contributed by atoms with E-state index in [4.69, 9.17) is 14.2 Å². The smallest absolute Gasteiger partial charge is 0.161 e.